The molecule has 1 aliphatic rings. The second-order valence-electron chi connectivity index (χ2n) is 9.73. The first-order chi connectivity index (χ1) is 19.9. The second kappa shape index (κ2) is 11.9. The smallest absolute Gasteiger partial charge is 0.203 e. The van der Waals surface area contributed by atoms with Gasteiger partial charge < -0.3 is 43.1 Å². The van der Waals surface area contributed by atoms with Crippen molar-refractivity contribution in [1.82, 2.24) is 9.88 Å². The number of benzene rings is 3. The molecule has 0 spiro atoms. The highest BCUT2D eigenvalue weighted by molar-refractivity contribution is 6.30. The van der Waals surface area contributed by atoms with Gasteiger partial charge in [0.1, 0.15) is 24.7 Å². The number of rotatable bonds is 12. The first-order valence-corrected chi connectivity index (χ1v) is 13.1. The molecule has 1 aromatic heterocycles. The lowest BCUT2D eigenvalue weighted by Gasteiger charge is -2.14. The minimum Gasteiger partial charge on any atom is -0.493 e. The van der Waals surface area contributed by atoms with E-state index < -0.39 is 0 Å². The number of nitrogens with one attached hydrogen (secondary N) is 1. The molecule has 0 unspecified atom stereocenters. The third-order valence-electron chi connectivity index (χ3n) is 6.97. The molecule has 0 saturated carbocycles. The summed E-state index contributed by atoms with van der Waals surface area (Å²) in [7, 11) is 12.0. The summed E-state index contributed by atoms with van der Waals surface area (Å²) in [4.78, 5) is 11.6. The van der Waals surface area contributed by atoms with Gasteiger partial charge in [-0.1, -0.05) is 5.16 Å². The third-order valence-corrected chi connectivity index (χ3v) is 6.97. The van der Waals surface area contributed by atoms with Crippen LogP contribution in [-0.2, 0) is 11.4 Å². The highest BCUT2D eigenvalue weighted by Gasteiger charge is 2.32. The molecule has 0 amide bonds. The molecule has 10 heteroatoms. The zero-order chi connectivity index (χ0) is 29.1. The Morgan fingerprint density at radius 3 is 2.02 bits per heavy atom. The van der Waals surface area contributed by atoms with Gasteiger partial charge in [-0.25, -0.2) is 0 Å². The van der Waals surface area contributed by atoms with Gasteiger partial charge in [-0.3, -0.25) is 0 Å². The number of fused-ring (bicyclic) bond motifs is 5. The van der Waals surface area contributed by atoms with E-state index in [1.165, 1.54) is 0 Å². The second-order valence-corrected chi connectivity index (χ2v) is 9.73. The molecular weight excluding hydrogens is 526 g/mol. The fourth-order valence-corrected chi connectivity index (χ4v) is 4.96. The Morgan fingerprint density at radius 2 is 1.41 bits per heavy atom. The van der Waals surface area contributed by atoms with Gasteiger partial charge >= 0.3 is 0 Å². The molecule has 1 heterocycles. The van der Waals surface area contributed by atoms with E-state index in [0.717, 1.165) is 51.1 Å². The van der Waals surface area contributed by atoms with Crippen LogP contribution >= 0.6 is 0 Å². The number of H-pyrrole nitrogens is 1. The van der Waals surface area contributed by atoms with E-state index in [9.17, 15) is 0 Å². The highest BCUT2D eigenvalue weighted by atomic mass is 16.6. The summed E-state index contributed by atoms with van der Waals surface area (Å²) in [6, 6.07) is 13.6. The van der Waals surface area contributed by atoms with Gasteiger partial charge in [0.2, 0.25) is 5.75 Å². The van der Waals surface area contributed by atoms with Crippen LogP contribution in [0.4, 0.5) is 0 Å². The number of hydrogen-bond acceptors (Lipinski definition) is 9. The average molecular weight is 562 g/mol. The van der Waals surface area contributed by atoms with E-state index in [4.69, 9.17) is 33.3 Å². The van der Waals surface area contributed by atoms with E-state index in [1.807, 2.05) is 56.6 Å². The van der Waals surface area contributed by atoms with E-state index in [0.29, 0.717) is 41.1 Å². The monoisotopic (exact) mass is 561 g/mol. The van der Waals surface area contributed by atoms with Crippen LogP contribution in [0.3, 0.4) is 0 Å². The van der Waals surface area contributed by atoms with Crippen LogP contribution in [-0.4, -0.2) is 78.4 Å². The van der Waals surface area contributed by atoms with Crippen molar-refractivity contribution in [2.24, 2.45) is 5.16 Å². The van der Waals surface area contributed by atoms with Crippen LogP contribution < -0.4 is 28.4 Å². The Labute approximate surface area is 239 Å². The number of methoxy groups -OCH3 is 5. The SMILES string of the molecule is COc1cc2c(cc1OC)-c1[nH]c3ccc(OCCN(C)C)cc3c1/C2=N\OCc1cc(OC)c(OC)c(OC)c1. The molecule has 0 atom stereocenters. The third kappa shape index (κ3) is 5.30. The molecule has 216 valence electrons. The number of aromatic amines is 1. The number of hydrogen-bond donors (Lipinski definition) is 1. The molecule has 0 aliphatic heterocycles. The van der Waals surface area contributed by atoms with Crippen molar-refractivity contribution in [3.8, 4) is 45.8 Å². The molecule has 0 saturated heterocycles. The topological polar surface area (TPSA) is 96.0 Å². The van der Waals surface area contributed by atoms with Crippen molar-refractivity contribution >= 4 is 16.6 Å². The Kier molecular flexibility index (Phi) is 8.11. The molecule has 5 rings (SSSR count). The molecule has 0 bridgehead atoms. The van der Waals surface area contributed by atoms with Crippen molar-refractivity contribution in [2.45, 2.75) is 6.61 Å². The standard InChI is InChI=1S/C31H35N3O7/c1-34(2)10-11-40-19-8-9-23-22(14-19)28-29(32-23)20-15-24(35-3)25(36-4)16-21(20)30(28)33-41-17-18-12-26(37-5)31(39-7)27(13-18)38-6/h8-9,12-16,32H,10-11,17H2,1-7H3/b33-30-. The lowest BCUT2D eigenvalue weighted by Crippen LogP contribution is -2.19. The van der Waals surface area contributed by atoms with Gasteiger partial charge in [0, 0.05) is 34.1 Å². The number of aromatic nitrogens is 1. The maximum atomic E-state index is 6.04. The first kappa shape index (κ1) is 28.0. The Morgan fingerprint density at radius 1 is 0.756 bits per heavy atom. The van der Waals surface area contributed by atoms with Crippen molar-refractivity contribution in [3.63, 3.8) is 0 Å². The van der Waals surface area contributed by atoms with Gasteiger partial charge in [0.25, 0.3) is 0 Å². The van der Waals surface area contributed by atoms with Crippen LogP contribution in [0.5, 0.6) is 34.5 Å². The lowest BCUT2D eigenvalue weighted by atomic mass is 10.1. The highest BCUT2D eigenvalue weighted by Crippen LogP contribution is 2.46. The molecular formula is C31H35N3O7. The van der Waals surface area contributed by atoms with Crippen LogP contribution in [0.15, 0.2) is 47.6 Å². The van der Waals surface area contributed by atoms with E-state index in [2.05, 4.69) is 15.0 Å². The zero-order valence-electron chi connectivity index (χ0n) is 24.4. The minimum absolute atomic E-state index is 0.180. The minimum atomic E-state index is 0.180. The normalized spacial score (nSPS) is 12.8. The van der Waals surface area contributed by atoms with Crippen molar-refractivity contribution in [3.05, 3.63) is 59.2 Å². The van der Waals surface area contributed by atoms with Gasteiger partial charge in [-0.2, -0.15) is 0 Å². The van der Waals surface area contributed by atoms with Crippen LogP contribution in [0, 0.1) is 0 Å². The maximum Gasteiger partial charge on any atom is 0.203 e. The number of oxime groups is 1. The Balaban J connectivity index is 1.56. The predicted octanol–water partition coefficient (Wildman–Crippen LogP) is 5.10. The predicted molar refractivity (Wildman–Crippen MR) is 157 cm³/mol. The molecule has 4 aromatic rings. The summed E-state index contributed by atoms with van der Waals surface area (Å²) in [6.07, 6.45) is 0. The van der Waals surface area contributed by atoms with Crippen LogP contribution in [0.25, 0.3) is 22.2 Å². The summed E-state index contributed by atoms with van der Waals surface area (Å²) in [6.45, 7) is 1.58. The Hall–Kier alpha value is -4.57. The van der Waals surface area contributed by atoms with Crippen LogP contribution in [0.2, 0.25) is 0 Å². The first-order valence-electron chi connectivity index (χ1n) is 13.1. The van der Waals surface area contributed by atoms with Crippen LogP contribution in [0.1, 0.15) is 16.7 Å². The summed E-state index contributed by atoms with van der Waals surface area (Å²) < 4.78 is 33.7. The number of nitrogens with zero attached hydrogens (tertiary/aromatic N) is 2. The molecule has 0 radical (unpaired) electrons. The fourth-order valence-electron chi connectivity index (χ4n) is 4.96. The number of likely N-dealkylation sites (N-methyl/N-ethyl adjacent to an activating group) is 1. The molecule has 41 heavy (non-hydrogen) atoms. The van der Waals surface area contributed by atoms with Gasteiger partial charge in [-0.15, -0.1) is 0 Å². The molecule has 1 N–H and O–H groups in total. The lowest BCUT2D eigenvalue weighted by molar-refractivity contribution is 0.130. The zero-order valence-corrected chi connectivity index (χ0v) is 24.4. The molecule has 10 nitrogen and oxygen atoms in total. The number of ether oxygens (including phenoxy) is 6. The summed E-state index contributed by atoms with van der Waals surface area (Å²) in [5, 5.41) is 5.64. The Bertz CT molecular complexity index is 1570. The summed E-state index contributed by atoms with van der Waals surface area (Å²) >= 11 is 0. The summed E-state index contributed by atoms with van der Waals surface area (Å²) in [5.74, 6) is 3.62. The summed E-state index contributed by atoms with van der Waals surface area (Å²) in [5.41, 5.74) is 6.12. The average Bonchev–Trinajstić information content (AvgIpc) is 3.49. The van der Waals surface area contributed by atoms with E-state index in [-0.39, 0.29) is 6.61 Å². The van der Waals surface area contributed by atoms with Crippen molar-refractivity contribution in [2.75, 3.05) is 62.8 Å². The molecule has 0 fully saturated rings. The molecule has 3 aromatic carbocycles. The van der Waals surface area contributed by atoms with E-state index >= 15 is 0 Å². The van der Waals surface area contributed by atoms with Gasteiger partial charge in [-0.05, 0) is 62.1 Å². The van der Waals surface area contributed by atoms with Crippen molar-refractivity contribution in [1.29, 1.82) is 0 Å². The van der Waals surface area contributed by atoms with Crippen molar-refractivity contribution < 1.29 is 33.3 Å². The van der Waals surface area contributed by atoms with Gasteiger partial charge in [0.15, 0.2) is 23.0 Å². The maximum absolute atomic E-state index is 6.04. The fraction of sp³-hybridized carbons (Fsp3) is 0.323. The largest absolute Gasteiger partial charge is 0.493 e. The van der Waals surface area contributed by atoms with Gasteiger partial charge in [0.05, 0.1) is 41.2 Å². The quantitative estimate of drug-likeness (QED) is 0.210. The molecule has 1 aliphatic carbocycles. The van der Waals surface area contributed by atoms with E-state index in [1.54, 1.807) is 35.5 Å².